The van der Waals surface area contributed by atoms with E-state index in [2.05, 4.69) is 51.1 Å². The highest BCUT2D eigenvalue weighted by Crippen LogP contribution is 2.40. The maximum Gasteiger partial charge on any atom is 0.192 e. The Hall–Kier alpha value is -2.24. The molecule has 1 unspecified atom stereocenters. The number of fused-ring (bicyclic) bond motifs is 3. The smallest absolute Gasteiger partial charge is 0.192 e. The Morgan fingerprint density at radius 1 is 1.11 bits per heavy atom. The molecule has 2 aromatic heterocycles. The summed E-state index contributed by atoms with van der Waals surface area (Å²) in [6.07, 6.45) is 5.12. The molecule has 5 rings (SSSR count). The fraction of sp³-hybridized carbons (Fsp3) is 0.464. The maximum absolute atomic E-state index is 12.9. The number of rotatable bonds is 8. The fourth-order valence-electron chi connectivity index (χ4n) is 4.40. The van der Waals surface area contributed by atoms with E-state index in [1.807, 2.05) is 16.3 Å². The third kappa shape index (κ3) is 5.42. The number of benzene rings is 2. The second kappa shape index (κ2) is 10.4. The molecule has 1 atom stereocenters. The van der Waals surface area contributed by atoms with Crippen molar-refractivity contribution in [3.05, 3.63) is 48.0 Å². The Bertz CT molecular complexity index is 1530. The van der Waals surface area contributed by atoms with Crippen molar-refractivity contribution in [1.82, 2.24) is 9.78 Å². The topological polar surface area (TPSA) is 79.7 Å². The molecule has 1 aliphatic heterocycles. The van der Waals surface area contributed by atoms with E-state index < -0.39 is 18.2 Å². The van der Waals surface area contributed by atoms with Crippen LogP contribution in [0, 0.1) is 0 Å². The zero-order valence-corrected chi connectivity index (χ0v) is 25.3. The van der Waals surface area contributed by atoms with Crippen LogP contribution in [-0.2, 0) is 19.0 Å². The van der Waals surface area contributed by atoms with Gasteiger partial charge in [-0.3, -0.25) is 0 Å². The average molecular weight is 573 g/mol. The zero-order chi connectivity index (χ0) is 27.1. The summed E-state index contributed by atoms with van der Waals surface area (Å²) in [5.74, 6) is 1.30. The van der Waals surface area contributed by atoms with Crippen LogP contribution in [0.3, 0.4) is 0 Å². The fourth-order valence-corrected chi connectivity index (χ4v) is 7.66. The Morgan fingerprint density at radius 2 is 1.87 bits per heavy atom. The normalized spacial score (nSPS) is 17.3. The Kier molecular flexibility index (Phi) is 7.47. The first-order chi connectivity index (χ1) is 18.0. The summed E-state index contributed by atoms with van der Waals surface area (Å²) in [5, 5.41) is 8.75. The van der Waals surface area contributed by atoms with Crippen LogP contribution >= 0.6 is 11.3 Å². The summed E-state index contributed by atoms with van der Waals surface area (Å²) in [7, 11) is -5.44. The van der Waals surface area contributed by atoms with E-state index in [0.717, 1.165) is 52.6 Å². The molecule has 0 spiro atoms. The molecule has 38 heavy (non-hydrogen) atoms. The molecule has 0 amide bonds. The lowest BCUT2D eigenvalue weighted by atomic mass is 10.1. The van der Waals surface area contributed by atoms with Crippen molar-refractivity contribution in [2.75, 3.05) is 19.0 Å². The van der Waals surface area contributed by atoms with Crippen LogP contribution in [-0.4, -0.2) is 45.5 Å². The molecule has 0 N–H and O–H groups in total. The lowest BCUT2D eigenvalue weighted by Gasteiger charge is -2.36. The van der Waals surface area contributed by atoms with E-state index in [0.29, 0.717) is 5.75 Å². The number of sulfone groups is 1. The average Bonchev–Trinajstić information content (AvgIpc) is 3.48. The van der Waals surface area contributed by atoms with Gasteiger partial charge in [-0.2, -0.15) is 5.10 Å². The molecule has 2 aromatic carbocycles. The van der Waals surface area contributed by atoms with Gasteiger partial charge in [-0.1, -0.05) is 20.8 Å². The Labute approximate surface area is 229 Å². The van der Waals surface area contributed by atoms with E-state index in [1.165, 1.54) is 0 Å². The maximum atomic E-state index is 12.9. The largest absolute Gasteiger partial charge is 0.456 e. The van der Waals surface area contributed by atoms with Gasteiger partial charge in [-0.05, 0) is 73.8 Å². The Morgan fingerprint density at radius 3 is 2.55 bits per heavy atom. The van der Waals surface area contributed by atoms with Crippen LogP contribution in [0.2, 0.25) is 18.1 Å². The van der Waals surface area contributed by atoms with Gasteiger partial charge in [0.15, 0.2) is 24.4 Å². The summed E-state index contributed by atoms with van der Waals surface area (Å²) in [5.41, 5.74) is 1.06. The highest BCUT2D eigenvalue weighted by atomic mass is 32.2. The molecular formula is C28H36N2O5S2Si. The van der Waals surface area contributed by atoms with E-state index in [-0.39, 0.29) is 28.5 Å². The number of hydrogen-bond acceptors (Lipinski definition) is 7. The summed E-state index contributed by atoms with van der Waals surface area (Å²) in [6, 6.07) is 10.8. The number of hydrogen-bond donors (Lipinski definition) is 0. The van der Waals surface area contributed by atoms with Crippen molar-refractivity contribution >= 4 is 50.5 Å². The van der Waals surface area contributed by atoms with Gasteiger partial charge >= 0.3 is 0 Å². The molecule has 204 valence electrons. The van der Waals surface area contributed by atoms with Gasteiger partial charge in [0.1, 0.15) is 11.5 Å². The highest BCUT2D eigenvalue weighted by molar-refractivity contribution is 7.91. The van der Waals surface area contributed by atoms with E-state index in [1.54, 1.807) is 35.6 Å². The van der Waals surface area contributed by atoms with Crippen LogP contribution in [0.15, 0.2) is 52.9 Å². The van der Waals surface area contributed by atoms with Gasteiger partial charge in [-0.15, -0.1) is 11.3 Å². The SMILES string of the molecule is CC(C)(C)[Si](C)(C)OCCS(=O)(=O)c1ccc(Oc2csc3c2ccc2c3cnn2C2CCCCO2)cc1. The van der Waals surface area contributed by atoms with Crippen molar-refractivity contribution in [1.29, 1.82) is 0 Å². The molecule has 0 saturated carbocycles. The quantitative estimate of drug-likeness (QED) is 0.203. The lowest BCUT2D eigenvalue weighted by Crippen LogP contribution is -2.41. The second-order valence-corrected chi connectivity index (χ2v) is 19.2. The standard InChI is InChI=1S/C28H36N2O5S2Si/c1-28(2,3)38(4,5)34-16-17-37(31,32)21-11-9-20(10-12-21)35-25-19-36-27-22(25)13-14-24-23(27)18-29-30(24)26-8-6-7-15-33-26/h9-14,18-19,26H,6-8,15-17H2,1-5H3. The first-order valence-electron chi connectivity index (χ1n) is 13.1. The third-order valence-corrected chi connectivity index (χ3v) is 15.0. The van der Waals surface area contributed by atoms with E-state index in [4.69, 9.17) is 13.9 Å². The van der Waals surface area contributed by atoms with Gasteiger partial charge in [0.05, 0.1) is 22.4 Å². The summed E-state index contributed by atoms with van der Waals surface area (Å²) < 4.78 is 47.1. The predicted octanol–water partition coefficient (Wildman–Crippen LogP) is 7.54. The van der Waals surface area contributed by atoms with Gasteiger partial charge in [-0.25, -0.2) is 13.1 Å². The lowest BCUT2D eigenvalue weighted by molar-refractivity contribution is -0.0366. The van der Waals surface area contributed by atoms with Crippen molar-refractivity contribution in [3.8, 4) is 11.5 Å². The molecule has 1 saturated heterocycles. The van der Waals surface area contributed by atoms with Crippen LogP contribution in [0.1, 0.15) is 46.3 Å². The molecule has 0 bridgehead atoms. The van der Waals surface area contributed by atoms with Crippen molar-refractivity contribution in [2.24, 2.45) is 0 Å². The molecule has 1 fully saturated rings. The van der Waals surface area contributed by atoms with Gasteiger partial charge in [0.2, 0.25) is 0 Å². The number of thiophene rings is 1. The summed E-state index contributed by atoms with van der Waals surface area (Å²) in [6.45, 7) is 11.7. The van der Waals surface area contributed by atoms with E-state index >= 15 is 0 Å². The molecule has 4 aromatic rings. The van der Waals surface area contributed by atoms with Gasteiger partial charge in [0, 0.05) is 34.1 Å². The van der Waals surface area contributed by atoms with Gasteiger partial charge < -0.3 is 13.9 Å². The summed E-state index contributed by atoms with van der Waals surface area (Å²) >= 11 is 1.62. The highest BCUT2D eigenvalue weighted by Gasteiger charge is 2.37. The number of aromatic nitrogens is 2. The minimum atomic E-state index is -3.45. The minimum Gasteiger partial charge on any atom is -0.456 e. The van der Waals surface area contributed by atoms with Crippen molar-refractivity contribution in [3.63, 3.8) is 0 Å². The predicted molar refractivity (Wildman–Crippen MR) is 156 cm³/mol. The molecular weight excluding hydrogens is 537 g/mol. The van der Waals surface area contributed by atoms with Crippen molar-refractivity contribution < 1.29 is 22.3 Å². The van der Waals surface area contributed by atoms with Crippen LogP contribution in [0.4, 0.5) is 0 Å². The first-order valence-corrected chi connectivity index (χ1v) is 18.5. The zero-order valence-electron chi connectivity index (χ0n) is 22.7. The van der Waals surface area contributed by atoms with Crippen LogP contribution < -0.4 is 4.74 Å². The molecule has 0 radical (unpaired) electrons. The van der Waals surface area contributed by atoms with Crippen LogP contribution in [0.5, 0.6) is 11.5 Å². The second-order valence-electron chi connectivity index (χ2n) is 11.4. The minimum absolute atomic E-state index is 0.0113. The number of ether oxygens (including phenoxy) is 2. The molecule has 10 heteroatoms. The first kappa shape index (κ1) is 27.3. The number of nitrogens with zero attached hydrogens (tertiary/aromatic N) is 2. The van der Waals surface area contributed by atoms with Crippen LogP contribution in [0.25, 0.3) is 21.0 Å². The molecule has 0 aliphatic carbocycles. The molecule has 3 heterocycles. The van der Waals surface area contributed by atoms with Gasteiger partial charge in [0.25, 0.3) is 0 Å². The molecule has 7 nitrogen and oxygen atoms in total. The summed E-state index contributed by atoms with van der Waals surface area (Å²) in [4.78, 5) is 0.276. The molecule has 1 aliphatic rings. The third-order valence-electron chi connectivity index (χ3n) is 7.74. The van der Waals surface area contributed by atoms with Crippen molar-refractivity contribution in [2.45, 2.75) is 69.3 Å². The monoisotopic (exact) mass is 572 g/mol. The van der Waals surface area contributed by atoms with E-state index in [9.17, 15) is 8.42 Å². The Balaban J connectivity index is 1.29.